The zero-order valence-electron chi connectivity index (χ0n) is 11.4. The fourth-order valence-electron chi connectivity index (χ4n) is 1.36. The van der Waals surface area contributed by atoms with Gasteiger partial charge in [-0.05, 0) is 31.2 Å². The standard InChI is InChI=1S/C12H18N2O5S/c1-3-19-12(15)10-4-6-11(7-5-10)14-20(16,17)13-8-9-18-2/h4-7,13-14H,3,8-9H2,1-2H3. The second-order valence-corrected chi connectivity index (χ2v) is 5.29. The van der Waals surface area contributed by atoms with E-state index in [1.54, 1.807) is 6.92 Å². The van der Waals surface area contributed by atoms with Gasteiger partial charge in [0.05, 0.1) is 18.8 Å². The molecule has 1 aromatic rings. The molecule has 0 aliphatic carbocycles. The van der Waals surface area contributed by atoms with Crippen LogP contribution in [-0.2, 0) is 19.7 Å². The molecule has 0 saturated heterocycles. The number of ether oxygens (including phenoxy) is 2. The number of hydrogen-bond acceptors (Lipinski definition) is 5. The Morgan fingerprint density at radius 3 is 2.45 bits per heavy atom. The maximum Gasteiger partial charge on any atom is 0.338 e. The first kappa shape index (κ1) is 16.4. The summed E-state index contributed by atoms with van der Waals surface area (Å²) in [5, 5.41) is 0. The molecular weight excluding hydrogens is 284 g/mol. The molecule has 1 rings (SSSR count). The van der Waals surface area contributed by atoms with E-state index in [4.69, 9.17) is 9.47 Å². The van der Waals surface area contributed by atoms with Gasteiger partial charge < -0.3 is 9.47 Å². The molecule has 0 bridgehead atoms. The maximum atomic E-state index is 11.6. The van der Waals surface area contributed by atoms with Gasteiger partial charge in [0.15, 0.2) is 0 Å². The number of benzene rings is 1. The van der Waals surface area contributed by atoms with Crippen molar-refractivity contribution >= 4 is 21.9 Å². The molecule has 0 aromatic heterocycles. The van der Waals surface area contributed by atoms with Gasteiger partial charge in [0.2, 0.25) is 0 Å². The summed E-state index contributed by atoms with van der Waals surface area (Å²) in [5.74, 6) is -0.444. The molecular formula is C12H18N2O5S. The predicted octanol–water partition coefficient (Wildman–Crippen LogP) is 0.756. The third-order valence-electron chi connectivity index (χ3n) is 2.25. The second kappa shape index (κ2) is 7.83. The predicted molar refractivity (Wildman–Crippen MR) is 74.8 cm³/mol. The molecule has 0 amide bonds. The number of hydrogen-bond donors (Lipinski definition) is 2. The van der Waals surface area contributed by atoms with Crippen molar-refractivity contribution in [3.63, 3.8) is 0 Å². The lowest BCUT2D eigenvalue weighted by Crippen LogP contribution is -2.32. The number of anilines is 1. The van der Waals surface area contributed by atoms with Crippen molar-refractivity contribution in [3.05, 3.63) is 29.8 Å². The van der Waals surface area contributed by atoms with Crippen LogP contribution in [0.25, 0.3) is 0 Å². The fraction of sp³-hybridized carbons (Fsp3) is 0.417. The normalized spacial score (nSPS) is 11.1. The van der Waals surface area contributed by atoms with E-state index in [9.17, 15) is 13.2 Å². The maximum absolute atomic E-state index is 11.6. The monoisotopic (exact) mass is 302 g/mol. The van der Waals surface area contributed by atoms with Gasteiger partial charge in [0.25, 0.3) is 10.2 Å². The van der Waals surface area contributed by atoms with E-state index >= 15 is 0 Å². The van der Waals surface area contributed by atoms with Crippen LogP contribution < -0.4 is 9.44 Å². The largest absolute Gasteiger partial charge is 0.462 e. The third-order valence-corrected chi connectivity index (χ3v) is 3.34. The first-order valence-corrected chi connectivity index (χ1v) is 7.50. The molecule has 20 heavy (non-hydrogen) atoms. The van der Waals surface area contributed by atoms with Crippen LogP contribution in [0.4, 0.5) is 5.69 Å². The SMILES string of the molecule is CCOC(=O)c1ccc(NS(=O)(=O)NCCOC)cc1. The van der Waals surface area contributed by atoms with Crippen LogP contribution in [0.1, 0.15) is 17.3 Å². The highest BCUT2D eigenvalue weighted by molar-refractivity contribution is 7.90. The molecule has 0 aliphatic rings. The molecule has 0 radical (unpaired) electrons. The highest BCUT2D eigenvalue weighted by Gasteiger charge is 2.10. The average Bonchev–Trinajstić information content (AvgIpc) is 2.39. The molecule has 8 heteroatoms. The molecule has 2 N–H and O–H groups in total. The molecule has 0 atom stereocenters. The van der Waals surface area contributed by atoms with Crippen molar-refractivity contribution < 1.29 is 22.7 Å². The summed E-state index contributed by atoms with van der Waals surface area (Å²) in [6, 6.07) is 5.96. The Hall–Kier alpha value is -1.64. The van der Waals surface area contributed by atoms with Gasteiger partial charge in [0, 0.05) is 19.3 Å². The van der Waals surface area contributed by atoms with Crippen LogP contribution in [0.5, 0.6) is 0 Å². The van der Waals surface area contributed by atoms with Gasteiger partial charge in [-0.2, -0.15) is 13.1 Å². The van der Waals surface area contributed by atoms with E-state index in [0.717, 1.165) is 0 Å². The van der Waals surface area contributed by atoms with Crippen LogP contribution >= 0.6 is 0 Å². The Kier molecular flexibility index (Phi) is 6.43. The summed E-state index contributed by atoms with van der Waals surface area (Å²) in [7, 11) is -2.16. The summed E-state index contributed by atoms with van der Waals surface area (Å²) >= 11 is 0. The van der Waals surface area contributed by atoms with Crippen molar-refractivity contribution in [2.24, 2.45) is 0 Å². The number of carbonyl (C=O) groups is 1. The van der Waals surface area contributed by atoms with E-state index in [0.29, 0.717) is 11.3 Å². The lowest BCUT2D eigenvalue weighted by Gasteiger charge is -2.09. The number of esters is 1. The van der Waals surface area contributed by atoms with E-state index in [-0.39, 0.29) is 19.8 Å². The molecule has 0 aliphatic heterocycles. The van der Waals surface area contributed by atoms with Gasteiger partial charge in [-0.25, -0.2) is 4.79 Å². The topological polar surface area (TPSA) is 93.7 Å². The lowest BCUT2D eigenvalue weighted by molar-refractivity contribution is 0.0526. The molecule has 0 fully saturated rings. The molecule has 1 aromatic carbocycles. The molecule has 7 nitrogen and oxygen atoms in total. The van der Waals surface area contributed by atoms with Gasteiger partial charge in [-0.15, -0.1) is 0 Å². The molecule has 112 valence electrons. The van der Waals surface area contributed by atoms with Crippen LogP contribution in [-0.4, -0.2) is 41.3 Å². The van der Waals surface area contributed by atoms with Crippen molar-refractivity contribution in [2.45, 2.75) is 6.92 Å². The van der Waals surface area contributed by atoms with Crippen LogP contribution in [0.2, 0.25) is 0 Å². The number of rotatable bonds is 8. The zero-order chi connectivity index (χ0) is 15.0. The van der Waals surface area contributed by atoms with E-state index in [1.807, 2.05) is 0 Å². The van der Waals surface area contributed by atoms with Crippen molar-refractivity contribution in [3.8, 4) is 0 Å². The van der Waals surface area contributed by atoms with Crippen LogP contribution in [0.15, 0.2) is 24.3 Å². The minimum atomic E-state index is -3.65. The Bertz CT molecular complexity index is 527. The summed E-state index contributed by atoms with van der Waals surface area (Å²) < 4.78 is 37.5. The Labute approximate surface area is 118 Å². The van der Waals surface area contributed by atoms with E-state index < -0.39 is 16.2 Å². The van der Waals surface area contributed by atoms with Gasteiger partial charge in [0.1, 0.15) is 0 Å². The van der Waals surface area contributed by atoms with Crippen LogP contribution in [0.3, 0.4) is 0 Å². The van der Waals surface area contributed by atoms with Gasteiger partial charge in [-0.1, -0.05) is 0 Å². The number of methoxy groups -OCH3 is 1. The minimum Gasteiger partial charge on any atom is -0.462 e. The van der Waals surface area contributed by atoms with Gasteiger partial charge >= 0.3 is 5.97 Å². The Morgan fingerprint density at radius 2 is 1.90 bits per heavy atom. The Morgan fingerprint density at radius 1 is 1.25 bits per heavy atom. The van der Waals surface area contributed by atoms with E-state index in [1.165, 1.54) is 31.4 Å². The molecule has 0 saturated carbocycles. The van der Waals surface area contributed by atoms with Crippen molar-refractivity contribution in [2.75, 3.05) is 31.6 Å². The highest BCUT2D eigenvalue weighted by Crippen LogP contribution is 2.11. The van der Waals surface area contributed by atoms with Crippen molar-refractivity contribution in [1.82, 2.24) is 4.72 Å². The number of nitrogens with one attached hydrogen (secondary N) is 2. The second-order valence-electron chi connectivity index (χ2n) is 3.79. The summed E-state index contributed by atoms with van der Waals surface area (Å²) in [6.07, 6.45) is 0. The molecule has 0 spiro atoms. The minimum absolute atomic E-state index is 0.173. The summed E-state index contributed by atoms with van der Waals surface area (Å²) in [6.45, 7) is 2.46. The number of carbonyl (C=O) groups excluding carboxylic acids is 1. The lowest BCUT2D eigenvalue weighted by atomic mass is 10.2. The fourth-order valence-corrected chi connectivity index (χ4v) is 2.23. The zero-order valence-corrected chi connectivity index (χ0v) is 12.2. The van der Waals surface area contributed by atoms with Crippen molar-refractivity contribution in [1.29, 1.82) is 0 Å². The van der Waals surface area contributed by atoms with Crippen LogP contribution in [0, 0.1) is 0 Å². The molecule has 0 unspecified atom stereocenters. The highest BCUT2D eigenvalue weighted by atomic mass is 32.2. The quantitative estimate of drug-likeness (QED) is 0.546. The third kappa shape index (κ3) is 5.55. The summed E-state index contributed by atoms with van der Waals surface area (Å²) in [4.78, 5) is 11.4. The first-order valence-electron chi connectivity index (χ1n) is 6.02. The molecule has 0 heterocycles. The smallest absolute Gasteiger partial charge is 0.338 e. The average molecular weight is 302 g/mol. The Balaban J connectivity index is 2.63. The van der Waals surface area contributed by atoms with E-state index in [2.05, 4.69) is 9.44 Å². The first-order chi connectivity index (χ1) is 9.48. The van der Waals surface area contributed by atoms with Gasteiger partial charge in [-0.3, -0.25) is 4.72 Å². The summed E-state index contributed by atoms with van der Waals surface area (Å²) in [5.41, 5.74) is 0.713.